The van der Waals surface area contributed by atoms with E-state index in [4.69, 9.17) is 10.9 Å². The molecule has 0 unspecified atom stereocenters. The predicted molar refractivity (Wildman–Crippen MR) is 44.1 cm³/mol. The standard InChI is InChI=1S/C8H10N2O/c9-10-5-7-1-3-8(6-11)4-2-7/h1-5,11H,6,9H2. The maximum absolute atomic E-state index is 8.70. The van der Waals surface area contributed by atoms with E-state index in [9.17, 15) is 0 Å². The van der Waals surface area contributed by atoms with Gasteiger partial charge in [0, 0.05) is 0 Å². The lowest BCUT2D eigenvalue weighted by Gasteiger charge is -1.94. The van der Waals surface area contributed by atoms with Gasteiger partial charge < -0.3 is 10.9 Å². The van der Waals surface area contributed by atoms with Gasteiger partial charge in [0.25, 0.3) is 0 Å². The summed E-state index contributed by atoms with van der Waals surface area (Å²) in [5, 5.41) is 12.1. The molecule has 1 rings (SSSR count). The summed E-state index contributed by atoms with van der Waals surface area (Å²) in [5.41, 5.74) is 1.82. The second-order valence-corrected chi connectivity index (χ2v) is 2.18. The molecule has 1 aromatic carbocycles. The van der Waals surface area contributed by atoms with Crippen LogP contribution in [-0.4, -0.2) is 11.3 Å². The Balaban J connectivity index is 2.82. The number of nitrogens with zero attached hydrogens (tertiary/aromatic N) is 1. The summed E-state index contributed by atoms with van der Waals surface area (Å²) in [6.45, 7) is 0.0695. The highest BCUT2D eigenvalue weighted by Crippen LogP contribution is 2.01. The van der Waals surface area contributed by atoms with Crippen molar-refractivity contribution in [3.63, 3.8) is 0 Å². The van der Waals surface area contributed by atoms with Crippen LogP contribution in [0.3, 0.4) is 0 Å². The number of rotatable bonds is 2. The molecule has 0 bridgehead atoms. The van der Waals surface area contributed by atoms with Crippen LogP contribution in [0.5, 0.6) is 0 Å². The fourth-order valence-corrected chi connectivity index (χ4v) is 0.795. The van der Waals surface area contributed by atoms with Crippen molar-refractivity contribution >= 4 is 6.21 Å². The van der Waals surface area contributed by atoms with E-state index >= 15 is 0 Å². The van der Waals surface area contributed by atoms with Crippen LogP contribution in [0.2, 0.25) is 0 Å². The monoisotopic (exact) mass is 150 g/mol. The molecular weight excluding hydrogens is 140 g/mol. The molecule has 0 fully saturated rings. The van der Waals surface area contributed by atoms with Gasteiger partial charge in [-0.1, -0.05) is 24.3 Å². The van der Waals surface area contributed by atoms with Crippen molar-refractivity contribution in [2.75, 3.05) is 0 Å². The SMILES string of the molecule is NN=Cc1ccc(CO)cc1. The van der Waals surface area contributed by atoms with Crippen LogP contribution >= 0.6 is 0 Å². The lowest BCUT2D eigenvalue weighted by Crippen LogP contribution is -1.87. The highest BCUT2D eigenvalue weighted by Gasteiger charge is 1.88. The van der Waals surface area contributed by atoms with Gasteiger partial charge in [-0.2, -0.15) is 5.10 Å². The first-order valence-electron chi connectivity index (χ1n) is 3.30. The minimum atomic E-state index is 0.0695. The molecule has 0 atom stereocenters. The Kier molecular flexibility index (Phi) is 2.63. The molecular formula is C8H10N2O. The van der Waals surface area contributed by atoms with Crippen molar-refractivity contribution in [1.82, 2.24) is 0 Å². The summed E-state index contributed by atoms with van der Waals surface area (Å²) < 4.78 is 0. The Bertz CT molecular complexity index is 241. The molecule has 0 aliphatic heterocycles. The molecule has 0 aliphatic rings. The summed E-state index contributed by atoms with van der Waals surface area (Å²) >= 11 is 0. The average molecular weight is 150 g/mol. The summed E-state index contributed by atoms with van der Waals surface area (Å²) in [6.07, 6.45) is 1.56. The number of nitrogens with two attached hydrogens (primary N) is 1. The largest absolute Gasteiger partial charge is 0.392 e. The third-order valence-electron chi connectivity index (χ3n) is 1.39. The van der Waals surface area contributed by atoms with Crippen LogP contribution in [0.15, 0.2) is 29.4 Å². The molecule has 0 aliphatic carbocycles. The van der Waals surface area contributed by atoms with Gasteiger partial charge >= 0.3 is 0 Å². The quantitative estimate of drug-likeness (QED) is 0.366. The first-order valence-corrected chi connectivity index (χ1v) is 3.30. The second kappa shape index (κ2) is 3.73. The van der Waals surface area contributed by atoms with Gasteiger partial charge in [0.1, 0.15) is 0 Å². The topological polar surface area (TPSA) is 58.6 Å². The zero-order valence-corrected chi connectivity index (χ0v) is 6.07. The normalized spacial score (nSPS) is 10.6. The first kappa shape index (κ1) is 7.75. The van der Waals surface area contributed by atoms with Gasteiger partial charge in [-0.25, -0.2) is 0 Å². The van der Waals surface area contributed by atoms with E-state index in [-0.39, 0.29) is 6.61 Å². The molecule has 11 heavy (non-hydrogen) atoms. The van der Waals surface area contributed by atoms with Gasteiger partial charge in [-0.3, -0.25) is 0 Å². The molecule has 58 valence electrons. The molecule has 0 amide bonds. The molecule has 0 heterocycles. The van der Waals surface area contributed by atoms with Gasteiger partial charge in [0.15, 0.2) is 0 Å². The number of hydrogen-bond donors (Lipinski definition) is 2. The molecule has 0 saturated carbocycles. The van der Waals surface area contributed by atoms with Crippen LogP contribution < -0.4 is 5.84 Å². The van der Waals surface area contributed by atoms with E-state index in [1.54, 1.807) is 6.21 Å². The van der Waals surface area contributed by atoms with E-state index in [1.165, 1.54) is 0 Å². The Morgan fingerprint density at radius 2 is 2.00 bits per heavy atom. The van der Waals surface area contributed by atoms with Crippen LogP contribution in [-0.2, 0) is 6.61 Å². The van der Waals surface area contributed by atoms with Crippen molar-refractivity contribution in [1.29, 1.82) is 0 Å². The second-order valence-electron chi connectivity index (χ2n) is 2.18. The number of hydrogen-bond acceptors (Lipinski definition) is 3. The van der Waals surface area contributed by atoms with E-state index in [0.717, 1.165) is 11.1 Å². The highest BCUT2D eigenvalue weighted by atomic mass is 16.3. The Hall–Kier alpha value is -1.35. The van der Waals surface area contributed by atoms with Crippen molar-refractivity contribution in [3.8, 4) is 0 Å². The Labute approximate surface area is 65.2 Å². The van der Waals surface area contributed by atoms with Crippen molar-refractivity contribution < 1.29 is 5.11 Å². The van der Waals surface area contributed by atoms with Gasteiger partial charge in [-0.15, -0.1) is 0 Å². The fraction of sp³-hybridized carbons (Fsp3) is 0.125. The van der Waals surface area contributed by atoms with E-state index in [2.05, 4.69) is 5.10 Å². The fourth-order valence-electron chi connectivity index (χ4n) is 0.795. The predicted octanol–water partition coefficient (Wildman–Crippen LogP) is 0.472. The summed E-state index contributed by atoms with van der Waals surface area (Å²) in [7, 11) is 0. The van der Waals surface area contributed by atoms with E-state index in [1.807, 2.05) is 24.3 Å². The zero-order valence-electron chi connectivity index (χ0n) is 6.07. The molecule has 0 saturated heterocycles. The van der Waals surface area contributed by atoms with Crippen LogP contribution in [0, 0.1) is 0 Å². The van der Waals surface area contributed by atoms with Crippen LogP contribution in [0.1, 0.15) is 11.1 Å². The molecule has 1 aromatic rings. The average Bonchev–Trinajstić information content (AvgIpc) is 2.07. The number of benzene rings is 1. The molecule has 3 heteroatoms. The van der Waals surface area contributed by atoms with Gasteiger partial charge in [0.2, 0.25) is 0 Å². The summed E-state index contributed by atoms with van der Waals surface area (Å²) in [6, 6.07) is 7.36. The molecule has 0 spiro atoms. The molecule has 0 aromatic heterocycles. The molecule has 3 nitrogen and oxygen atoms in total. The number of aliphatic hydroxyl groups excluding tert-OH is 1. The van der Waals surface area contributed by atoms with Gasteiger partial charge in [-0.05, 0) is 11.1 Å². The molecule has 3 N–H and O–H groups in total. The highest BCUT2D eigenvalue weighted by molar-refractivity contribution is 5.79. The minimum absolute atomic E-state index is 0.0695. The van der Waals surface area contributed by atoms with E-state index < -0.39 is 0 Å². The van der Waals surface area contributed by atoms with Crippen molar-refractivity contribution in [3.05, 3.63) is 35.4 Å². The maximum atomic E-state index is 8.70. The van der Waals surface area contributed by atoms with Crippen molar-refractivity contribution in [2.24, 2.45) is 10.9 Å². The maximum Gasteiger partial charge on any atom is 0.0681 e. The van der Waals surface area contributed by atoms with Gasteiger partial charge in [0.05, 0.1) is 12.8 Å². The zero-order chi connectivity index (χ0) is 8.10. The number of aliphatic hydroxyl groups is 1. The Morgan fingerprint density at radius 3 is 2.45 bits per heavy atom. The van der Waals surface area contributed by atoms with Crippen molar-refractivity contribution in [2.45, 2.75) is 6.61 Å². The smallest absolute Gasteiger partial charge is 0.0681 e. The summed E-state index contributed by atoms with van der Waals surface area (Å²) in [5.74, 6) is 4.95. The van der Waals surface area contributed by atoms with Crippen LogP contribution in [0.25, 0.3) is 0 Å². The van der Waals surface area contributed by atoms with E-state index in [0.29, 0.717) is 0 Å². The lowest BCUT2D eigenvalue weighted by molar-refractivity contribution is 0.282. The lowest BCUT2D eigenvalue weighted by atomic mass is 10.2. The number of hydrazone groups is 1. The van der Waals surface area contributed by atoms with Crippen LogP contribution in [0.4, 0.5) is 0 Å². The third kappa shape index (κ3) is 2.05. The summed E-state index contributed by atoms with van der Waals surface area (Å²) in [4.78, 5) is 0. The first-order chi connectivity index (χ1) is 5.36. The Morgan fingerprint density at radius 1 is 1.36 bits per heavy atom. The molecule has 0 radical (unpaired) electrons. The third-order valence-corrected chi connectivity index (χ3v) is 1.39. The minimum Gasteiger partial charge on any atom is -0.392 e.